The normalized spacial score (nSPS) is 15.8. The summed E-state index contributed by atoms with van der Waals surface area (Å²) in [7, 11) is 1.57. The molecule has 1 aliphatic rings. The number of amides is 4. The van der Waals surface area contributed by atoms with E-state index in [1.54, 1.807) is 49.6 Å². The van der Waals surface area contributed by atoms with Crippen LogP contribution in [0.1, 0.15) is 24.0 Å². The van der Waals surface area contributed by atoms with Gasteiger partial charge in [-0.25, -0.2) is 4.79 Å². The van der Waals surface area contributed by atoms with E-state index in [1.807, 2.05) is 0 Å². The number of rotatable bonds is 8. The summed E-state index contributed by atoms with van der Waals surface area (Å²) in [5, 5.41) is 6.27. The van der Waals surface area contributed by atoms with E-state index >= 15 is 0 Å². The molecule has 1 atom stereocenters. The van der Waals surface area contributed by atoms with Crippen molar-refractivity contribution in [3.05, 3.63) is 63.6 Å². The fourth-order valence-corrected chi connectivity index (χ4v) is 3.37. The first-order valence-electron chi connectivity index (χ1n) is 9.33. The Morgan fingerprint density at radius 1 is 1.10 bits per heavy atom. The summed E-state index contributed by atoms with van der Waals surface area (Å²) in [6, 6.07) is 11.1. The molecular weight excluding hydrogens is 429 g/mol. The second-order valence-corrected chi connectivity index (χ2v) is 7.65. The van der Waals surface area contributed by atoms with Crippen molar-refractivity contribution in [1.29, 1.82) is 0 Å². The molecule has 0 spiro atoms. The van der Waals surface area contributed by atoms with Crippen LogP contribution in [0, 0.1) is 0 Å². The van der Waals surface area contributed by atoms with Gasteiger partial charge in [-0.1, -0.05) is 41.4 Å². The topological polar surface area (TPSA) is 87.7 Å². The van der Waals surface area contributed by atoms with E-state index in [9.17, 15) is 14.4 Å². The highest BCUT2D eigenvalue weighted by Crippen LogP contribution is 2.22. The Hall–Kier alpha value is -2.77. The Kier molecular flexibility index (Phi) is 7.18. The minimum atomic E-state index is -0.716. The number of urea groups is 1. The van der Waals surface area contributed by atoms with Crippen LogP contribution in [0.4, 0.5) is 4.79 Å². The molecule has 0 aromatic heterocycles. The summed E-state index contributed by atoms with van der Waals surface area (Å²) in [4.78, 5) is 38.0. The molecule has 1 heterocycles. The Balaban J connectivity index is 1.48. The van der Waals surface area contributed by atoms with E-state index in [1.165, 1.54) is 0 Å². The Morgan fingerprint density at radius 3 is 2.47 bits per heavy atom. The third-order valence-corrected chi connectivity index (χ3v) is 5.48. The molecule has 158 valence electrons. The predicted molar refractivity (Wildman–Crippen MR) is 113 cm³/mol. The number of benzene rings is 2. The molecule has 7 nitrogen and oxygen atoms in total. The summed E-state index contributed by atoms with van der Waals surface area (Å²) in [5.41, 5.74) is 1.62. The monoisotopic (exact) mass is 449 g/mol. The van der Waals surface area contributed by atoms with Crippen molar-refractivity contribution in [2.24, 2.45) is 0 Å². The Bertz CT molecular complexity index is 950. The van der Waals surface area contributed by atoms with Crippen LogP contribution in [0.2, 0.25) is 10.0 Å². The number of hydrogen-bond donors (Lipinski definition) is 2. The molecule has 3 rings (SSSR count). The van der Waals surface area contributed by atoms with Crippen LogP contribution in [0.15, 0.2) is 42.5 Å². The average Bonchev–Trinajstić information content (AvgIpc) is 3.01. The lowest BCUT2D eigenvalue weighted by atomic mass is 10.1. The molecule has 0 bridgehead atoms. The van der Waals surface area contributed by atoms with Crippen molar-refractivity contribution in [3.63, 3.8) is 0 Å². The number of carbonyl (C=O) groups is 3. The molecule has 1 saturated heterocycles. The molecule has 4 amide bonds. The summed E-state index contributed by atoms with van der Waals surface area (Å²) >= 11 is 11.8. The number of ether oxygens (including phenoxy) is 1. The SMILES string of the molecule is COc1ccc(CN2C(=O)NC(CCC(=O)NCc3ccc(Cl)c(Cl)c3)C2=O)cc1. The first-order chi connectivity index (χ1) is 14.4. The third-order valence-electron chi connectivity index (χ3n) is 4.74. The summed E-state index contributed by atoms with van der Waals surface area (Å²) in [6.45, 7) is 0.457. The molecule has 0 radical (unpaired) electrons. The third kappa shape index (κ3) is 5.43. The van der Waals surface area contributed by atoms with Crippen molar-refractivity contribution in [2.45, 2.75) is 32.0 Å². The number of imide groups is 1. The summed E-state index contributed by atoms with van der Waals surface area (Å²) in [6.07, 6.45) is 0.325. The van der Waals surface area contributed by atoms with Gasteiger partial charge >= 0.3 is 6.03 Å². The zero-order valence-electron chi connectivity index (χ0n) is 16.3. The number of halogens is 2. The lowest BCUT2D eigenvalue weighted by molar-refractivity contribution is -0.128. The van der Waals surface area contributed by atoms with Gasteiger partial charge in [0, 0.05) is 13.0 Å². The number of carbonyl (C=O) groups excluding carboxylic acids is 3. The molecule has 30 heavy (non-hydrogen) atoms. The molecule has 0 aliphatic carbocycles. The van der Waals surface area contributed by atoms with E-state index in [2.05, 4.69) is 10.6 Å². The highest BCUT2D eigenvalue weighted by Gasteiger charge is 2.37. The highest BCUT2D eigenvalue weighted by molar-refractivity contribution is 6.42. The standard InChI is InChI=1S/C21H21Cl2N3O4/c1-30-15-5-2-13(3-6-15)12-26-20(28)18(25-21(26)29)8-9-19(27)24-11-14-4-7-16(22)17(23)10-14/h2-7,10,18H,8-9,11-12H2,1H3,(H,24,27)(H,25,29). The van der Waals surface area contributed by atoms with Crippen LogP contribution >= 0.6 is 23.2 Å². The zero-order valence-corrected chi connectivity index (χ0v) is 17.8. The van der Waals surface area contributed by atoms with E-state index in [0.717, 1.165) is 16.0 Å². The van der Waals surface area contributed by atoms with E-state index in [4.69, 9.17) is 27.9 Å². The van der Waals surface area contributed by atoms with Gasteiger partial charge in [-0.05, 0) is 41.8 Å². The fraction of sp³-hybridized carbons (Fsp3) is 0.286. The molecule has 0 saturated carbocycles. The quantitative estimate of drug-likeness (QED) is 0.603. The van der Waals surface area contributed by atoms with Gasteiger partial charge in [-0.15, -0.1) is 0 Å². The predicted octanol–water partition coefficient (Wildman–Crippen LogP) is 3.52. The average molecular weight is 450 g/mol. The van der Waals surface area contributed by atoms with Crippen LogP contribution < -0.4 is 15.4 Å². The van der Waals surface area contributed by atoms with Crippen molar-refractivity contribution in [1.82, 2.24) is 15.5 Å². The second kappa shape index (κ2) is 9.82. The molecule has 9 heteroatoms. The molecule has 1 unspecified atom stereocenters. The number of nitrogens with zero attached hydrogens (tertiary/aromatic N) is 1. The summed E-state index contributed by atoms with van der Waals surface area (Å²) < 4.78 is 5.10. The molecule has 2 aromatic carbocycles. The van der Waals surface area contributed by atoms with E-state index < -0.39 is 12.1 Å². The molecular formula is C21H21Cl2N3O4. The minimum absolute atomic E-state index is 0.106. The van der Waals surface area contributed by atoms with Crippen molar-refractivity contribution in [3.8, 4) is 5.75 Å². The van der Waals surface area contributed by atoms with E-state index in [0.29, 0.717) is 22.3 Å². The zero-order chi connectivity index (χ0) is 21.7. The smallest absolute Gasteiger partial charge is 0.325 e. The Morgan fingerprint density at radius 2 is 1.80 bits per heavy atom. The molecule has 1 fully saturated rings. The molecule has 2 N–H and O–H groups in total. The number of methoxy groups -OCH3 is 1. The van der Waals surface area contributed by atoms with Crippen molar-refractivity contribution >= 4 is 41.0 Å². The maximum Gasteiger partial charge on any atom is 0.325 e. The van der Waals surface area contributed by atoms with Gasteiger partial charge in [0.25, 0.3) is 5.91 Å². The lowest BCUT2D eigenvalue weighted by Crippen LogP contribution is -2.32. The van der Waals surface area contributed by atoms with Crippen LogP contribution in [0.3, 0.4) is 0 Å². The van der Waals surface area contributed by atoms with Crippen LogP contribution in [0.5, 0.6) is 5.75 Å². The molecule has 1 aliphatic heterocycles. The largest absolute Gasteiger partial charge is 0.497 e. The second-order valence-electron chi connectivity index (χ2n) is 6.84. The Labute approximate surface area is 184 Å². The van der Waals surface area contributed by atoms with Gasteiger partial charge in [-0.2, -0.15) is 0 Å². The van der Waals surface area contributed by atoms with Crippen molar-refractivity contribution < 1.29 is 19.1 Å². The number of nitrogens with one attached hydrogen (secondary N) is 2. The first-order valence-corrected chi connectivity index (χ1v) is 10.1. The van der Waals surface area contributed by atoms with Gasteiger partial charge < -0.3 is 15.4 Å². The number of hydrogen-bond acceptors (Lipinski definition) is 4. The lowest BCUT2D eigenvalue weighted by Gasteiger charge is -2.13. The van der Waals surface area contributed by atoms with Crippen LogP contribution in [0.25, 0.3) is 0 Å². The highest BCUT2D eigenvalue weighted by atomic mass is 35.5. The first kappa shape index (κ1) is 21.9. The van der Waals surface area contributed by atoms with Gasteiger partial charge in [0.15, 0.2) is 0 Å². The minimum Gasteiger partial charge on any atom is -0.497 e. The fourth-order valence-electron chi connectivity index (χ4n) is 3.05. The van der Waals surface area contributed by atoms with Crippen molar-refractivity contribution in [2.75, 3.05) is 7.11 Å². The van der Waals surface area contributed by atoms with Gasteiger partial charge in [-0.3, -0.25) is 14.5 Å². The van der Waals surface area contributed by atoms with E-state index in [-0.39, 0.29) is 31.2 Å². The molecule has 2 aromatic rings. The van der Waals surface area contributed by atoms with Crippen LogP contribution in [-0.2, 0) is 22.7 Å². The maximum absolute atomic E-state index is 12.6. The van der Waals surface area contributed by atoms with Gasteiger partial charge in [0.1, 0.15) is 11.8 Å². The summed E-state index contributed by atoms with van der Waals surface area (Å²) in [5.74, 6) is 0.130. The maximum atomic E-state index is 12.6. The van der Waals surface area contributed by atoms with Gasteiger partial charge in [0.2, 0.25) is 5.91 Å². The van der Waals surface area contributed by atoms with Gasteiger partial charge in [0.05, 0.1) is 23.7 Å². The van der Waals surface area contributed by atoms with Crippen LogP contribution in [-0.4, -0.2) is 35.9 Å².